The molecule has 4 nitrogen and oxygen atoms in total. The van der Waals surface area contributed by atoms with Gasteiger partial charge in [-0.2, -0.15) is 0 Å². The summed E-state index contributed by atoms with van der Waals surface area (Å²) in [6.45, 7) is 3.97. The maximum Gasteiger partial charge on any atom is 0.337 e. The van der Waals surface area contributed by atoms with Crippen LogP contribution in [0.1, 0.15) is 29.8 Å². The topological polar surface area (TPSA) is 48.4 Å². The van der Waals surface area contributed by atoms with Crippen LogP contribution < -0.4 is 4.74 Å². The van der Waals surface area contributed by atoms with E-state index in [0.717, 1.165) is 5.56 Å². The second kappa shape index (κ2) is 5.74. The second-order valence-corrected chi connectivity index (χ2v) is 4.86. The van der Waals surface area contributed by atoms with E-state index in [-0.39, 0.29) is 5.97 Å². The number of esters is 1. The number of ether oxygens (including phenoxy) is 2. The summed E-state index contributed by atoms with van der Waals surface area (Å²) in [6, 6.07) is 10.7. The Morgan fingerprint density at radius 2 is 1.65 bits per heavy atom. The molecule has 0 fully saturated rings. The molecular formula is C16H17NO3. The van der Waals surface area contributed by atoms with Gasteiger partial charge in [0.15, 0.2) is 0 Å². The smallest absolute Gasteiger partial charge is 0.337 e. The van der Waals surface area contributed by atoms with Gasteiger partial charge in [0.05, 0.1) is 12.7 Å². The van der Waals surface area contributed by atoms with Crippen LogP contribution in [0, 0.1) is 0 Å². The number of aromatic nitrogens is 1. The highest BCUT2D eigenvalue weighted by atomic mass is 16.5. The molecule has 0 saturated carbocycles. The summed E-state index contributed by atoms with van der Waals surface area (Å²) in [7, 11) is 1.36. The van der Waals surface area contributed by atoms with Crippen LogP contribution in [-0.2, 0) is 10.3 Å². The van der Waals surface area contributed by atoms with Crippen LogP contribution in [0.2, 0.25) is 0 Å². The van der Waals surface area contributed by atoms with Crippen LogP contribution in [0.5, 0.6) is 5.75 Å². The van der Waals surface area contributed by atoms with Crippen molar-refractivity contribution in [3.8, 4) is 5.75 Å². The first-order chi connectivity index (χ1) is 9.53. The lowest BCUT2D eigenvalue weighted by Crippen LogP contribution is -2.25. The lowest BCUT2D eigenvalue weighted by molar-refractivity contribution is 0.0600. The van der Waals surface area contributed by atoms with Crippen LogP contribution in [0.4, 0.5) is 0 Å². The molecule has 0 amide bonds. The summed E-state index contributed by atoms with van der Waals surface area (Å²) in [4.78, 5) is 15.4. The molecule has 0 radical (unpaired) electrons. The monoisotopic (exact) mass is 271 g/mol. The molecular weight excluding hydrogens is 254 g/mol. The van der Waals surface area contributed by atoms with E-state index in [1.807, 2.05) is 26.0 Å². The third-order valence-electron chi connectivity index (χ3n) is 3.02. The number of hydrogen-bond acceptors (Lipinski definition) is 4. The van der Waals surface area contributed by atoms with Crippen molar-refractivity contribution in [3.63, 3.8) is 0 Å². The molecule has 1 aromatic heterocycles. The highest BCUT2D eigenvalue weighted by Crippen LogP contribution is 2.27. The summed E-state index contributed by atoms with van der Waals surface area (Å²) < 4.78 is 10.6. The molecule has 20 heavy (non-hydrogen) atoms. The zero-order valence-corrected chi connectivity index (χ0v) is 11.8. The van der Waals surface area contributed by atoms with Crippen LogP contribution >= 0.6 is 0 Å². The van der Waals surface area contributed by atoms with Crippen molar-refractivity contribution < 1.29 is 14.3 Å². The molecule has 104 valence electrons. The molecule has 2 rings (SSSR count). The summed E-state index contributed by atoms with van der Waals surface area (Å²) >= 11 is 0. The van der Waals surface area contributed by atoms with Gasteiger partial charge in [0.2, 0.25) is 0 Å². The number of rotatable bonds is 4. The number of nitrogens with zero attached hydrogens (tertiary/aromatic N) is 1. The predicted molar refractivity (Wildman–Crippen MR) is 75.7 cm³/mol. The maximum atomic E-state index is 11.4. The van der Waals surface area contributed by atoms with Gasteiger partial charge < -0.3 is 9.47 Å². The van der Waals surface area contributed by atoms with Crippen LogP contribution in [0.3, 0.4) is 0 Å². The van der Waals surface area contributed by atoms with E-state index in [2.05, 4.69) is 9.72 Å². The van der Waals surface area contributed by atoms with Crippen molar-refractivity contribution in [3.05, 3.63) is 59.9 Å². The Morgan fingerprint density at radius 3 is 2.20 bits per heavy atom. The quantitative estimate of drug-likeness (QED) is 0.801. The number of benzene rings is 1. The highest BCUT2D eigenvalue weighted by molar-refractivity contribution is 5.89. The van der Waals surface area contributed by atoms with Crippen molar-refractivity contribution in [1.29, 1.82) is 0 Å². The van der Waals surface area contributed by atoms with Gasteiger partial charge in [-0.05, 0) is 55.8 Å². The number of carbonyl (C=O) groups is 1. The number of carbonyl (C=O) groups excluding carboxylic acids is 1. The van der Waals surface area contributed by atoms with Gasteiger partial charge in [-0.25, -0.2) is 4.79 Å². The first-order valence-electron chi connectivity index (χ1n) is 6.31. The van der Waals surface area contributed by atoms with E-state index in [9.17, 15) is 4.79 Å². The average molecular weight is 271 g/mol. The minimum absolute atomic E-state index is 0.357. The molecule has 2 aromatic rings. The second-order valence-electron chi connectivity index (χ2n) is 4.86. The zero-order chi connectivity index (χ0) is 14.6. The van der Waals surface area contributed by atoms with Crippen molar-refractivity contribution >= 4 is 5.97 Å². The van der Waals surface area contributed by atoms with Gasteiger partial charge in [-0.3, -0.25) is 4.98 Å². The first kappa shape index (κ1) is 14.1. The van der Waals surface area contributed by atoms with E-state index in [1.165, 1.54) is 7.11 Å². The Hall–Kier alpha value is -2.36. The van der Waals surface area contributed by atoms with Crippen molar-refractivity contribution in [2.75, 3.05) is 7.11 Å². The minimum Gasteiger partial charge on any atom is -0.483 e. The molecule has 0 aliphatic rings. The molecule has 4 heteroatoms. The fourth-order valence-electron chi connectivity index (χ4n) is 1.88. The molecule has 0 aliphatic carbocycles. The first-order valence-corrected chi connectivity index (χ1v) is 6.31. The SMILES string of the molecule is COC(=O)c1ccc(OC(C)(C)c2ccncc2)cc1. The van der Waals surface area contributed by atoms with E-state index in [4.69, 9.17) is 4.74 Å². The summed E-state index contributed by atoms with van der Waals surface area (Å²) in [5, 5.41) is 0. The third kappa shape index (κ3) is 3.15. The van der Waals surface area contributed by atoms with Crippen molar-refractivity contribution in [2.24, 2.45) is 0 Å². The predicted octanol–water partition coefficient (Wildman–Crippen LogP) is 3.18. The fraction of sp³-hybridized carbons (Fsp3) is 0.250. The molecule has 1 heterocycles. The third-order valence-corrected chi connectivity index (χ3v) is 3.02. The van der Waals surface area contributed by atoms with Crippen LogP contribution in [0.15, 0.2) is 48.8 Å². The largest absolute Gasteiger partial charge is 0.483 e. The van der Waals surface area contributed by atoms with Crippen molar-refractivity contribution in [1.82, 2.24) is 4.98 Å². The van der Waals surface area contributed by atoms with E-state index in [0.29, 0.717) is 11.3 Å². The summed E-state index contributed by atoms with van der Waals surface area (Å²) in [5.74, 6) is 0.337. The van der Waals surface area contributed by atoms with Gasteiger partial charge in [-0.15, -0.1) is 0 Å². The minimum atomic E-state index is -0.476. The summed E-state index contributed by atoms with van der Waals surface area (Å²) in [5.41, 5.74) is 1.06. The van der Waals surface area contributed by atoms with Gasteiger partial charge in [0.25, 0.3) is 0 Å². The Labute approximate surface area is 118 Å². The Balaban J connectivity index is 2.15. The van der Waals surface area contributed by atoms with Gasteiger partial charge in [0, 0.05) is 12.4 Å². The summed E-state index contributed by atoms with van der Waals surface area (Å²) in [6.07, 6.45) is 3.47. The molecule has 0 aliphatic heterocycles. The maximum absolute atomic E-state index is 11.4. The number of pyridine rings is 1. The normalized spacial score (nSPS) is 10.9. The van der Waals surface area contributed by atoms with E-state index in [1.54, 1.807) is 36.7 Å². The number of methoxy groups -OCH3 is 1. The number of hydrogen-bond donors (Lipinski definition) is 0. The molecule has 0 spiro atoms. The fourth-order valence-corrected chi connectivity index (χ4v) is 1.88. The molecule has 0 bridgehead atoms. The lowest BCUT2D eigenvalue weighted by atomic mass is 9.99. The van der Waals surface area contributed by atoms with Crippen LogP contribution in [-0.4, -0.2) is 18.1 Å². The zero-order valence-electron chi connectivity index (χ0n) is 11.8. The standard InChI is InChI=1S/C16H17NO3/c1-16(2,13-8-10-17-11-9-13)20-14-6-4-12(5-7-14)15(18)19-3/h4-11H,1-3H3. The molecule has 0 unspecified atom stereocenters. The molecule has 0 N–H and O–H groups in total. The van der Waals surface area contributed by atoms with Gasteiger partial charge in [-0.1, -0.05) is 0 Å². The van der Waals surface area contributed by atoms with Crippen LogP contribution in [0.25, 0.3) is 0 Å². The molecule has 0 atom stereocenters. The Bertz CT molecular complexity index is 576. The molecule has 0 saturated heterocycles. The Kier molecular flexibility index (Phi) is 4.03. The average Bonchev–Trinajstić information content (AvgIpc) is 2.48. The Morgan fingerprint density at radius 1 is 1.05 bits per heavy atom. The van der Waals surface area contributed by atoms with Crippen molar-refractivity contribution in [2.45, 2.75) is 19.4 Å². The van der Waals surface area contributed by atoms with Gasteiger partial charge in [0.1, 0.15) is 11.4 Å². The van der Waals surface area contributed by atoms with Gasteiger partial charge >= 0.3 is 5.97 Å². The highest BCUT2D eigenvalue weighted by Gasteiger charge is 2.22. The van der Waals surface area contributed by atoms with E-state index >= 15 is 0 Å². The van der Waals surface area contributed by atoms with E-state index < -0.39 is 5.60 Å². The lowest BCUT2D eigenvalue weighted by Gasteiger charge is -2.27. The molecule has 1 aromatic carbocycles.